The van der Waals surface area contributed by atoms with Crippen molar-refractivity contribution in [2.75, 3.05) is 0 Å². The number of benzene rings is 1. The van der Waals surface area contributed by atoms with E-state index in [1.807, 2.05) is 0 Å². The molecule has 9 heteroatoms. The second kappa shape index (κ2) is 5.33. The Bertz CT molecular complexity index is 1250. The topological polar surface area (TPSA) is 86.2 Å². The van der Waals surface area contributed by atoms with E-state index in [1.54, 1.807) is 12.1 Å². The Morgan fingerprint density at radius 1 is 0.654 bits per heavy atom. The number of fused-ring (bicyclic) bond motifs is 6. The van der Waals surface area contributed by atoms with Gasteiger partial charge in [0.1, 0.15) is 12.1 Å². The quantitative estimate of drug-likeness (QED) is 0.274. The van der Waals surface area contributed by atoms with Crippen LogP contribution in [0, 0.1) is 46.2 Å². The number of halogens is 4. The van der Waals surface area contributed by atoms with Gasteiger partial charge in [0.2, 0.25) is 11.9 Å². The Kier molecular flexibility index (Phi) is 3.21. The van der Waals surface area contributed by atoms with Gasteiger partial charge in [0.05, 0.1) is 22.1 Å². The molecule has 0 amide bonds. The van der Waals surface area contributed by atoms with Gasteiger partial charge in [-0.1, -0.05) is 0 Å². The zero-order chi connectivity index (χ0) is 18.6. The highest BCUT2D eigenvalue weighted by molar-refractivity contribution is 6.21. The molecule has 4 rings (SSSR count). The van der Waals surface area contributed by atoms with Crippen LogP contribution in [0.2, 0.25) is 0 Å². The standard InChI is InChI=1S/C17H3F4N5/c18-10-2-8-13-7(1-6(4-22)12(5-23)24-13)14-9(15(8)26-17(10)21)3-11(19)16(20)25-14/h1-3H. The molecule has 26 heavy (non-hydrogen) atoms. The largest absolute Gasteiger partial charge is 0.249 e. The van der Waals surface area contributed by atoms with E-state index in [2.05, 4.69) is 15.0 Å². The summed E-state index contributed by atoms with van der Waals surface area (Å²) in [6.07, 6.45) is 0. The molecule has 0 fully saturated rings. The summed E-state index contributed by atoms with van der Waals surface area (Å²) in [6, 6.07) is 6.26. The van der Waals surface area contributed by atoms with Crippen molar-refractivity contribution in [2.24, 2.45) is 0 Å². The summed E-state index contributed by atoms with van der Waals surface area (Å²) < 4.78 is 54.7. The van der Waals surface area contributed by atoms with Gasteiger partial charge < -0.3 is 0 Å². The smallest absolute Gasteiger partial charge is 0.235 e. The van der Waals surface area contributed by atoms with Crippen LogP contribution in [-0.4, -0.2) is 15.0 Å². The molecule has 124 valence electrons. The van der Waals surface area contributed by atoms with E-state index < -0.39 is 23.5 Å². The van der Waals surface area contributed by atoms with Gasteiger partial charge in [-0.3, -0.25) is 0 Å². The molecule has 1 aromatic carbocycles. The average molecular weight is 353 g/mol. The van der Waals surface area contributed by atoms with Gasteiger partial charge >= 0.3 is 0 Å². The number of rotatable bonds is 0. The number of aromatic nitrogens is 3. The normalized spacial score (nSPS) is 11.0. The molecule has 0 spiro atoms. The van der Waals surface area contributed by atoms with Crippen LogP contribution in [0.1, 0.15) is 11.3 Å². The molecule has 0 aliphatic rings. The Labute approximate surface area is 141 Å². The molecule has 0 saturated heterocycles. The lowest BCUT2D eigenvalue weighted by molar-refractivity contribution is 0.482. The molecule has 0 bridgehead atoms. The predicted molar refractivity (Wildman–Crippen MR) is 81.6 cm³/mol. The molecule has 3 aromatic heterocycles. The van der Waals surface area contributed by atoms with Crippen molar-refractivity contribution in [1.82, 2.24) is 15.0 Å². The average Bonchev–Trinajstić information content (AvgIpc) is 2.63. The fourth-order valence-corrected chi connectivity index (χ4v) is 2.77. The predicted octanol–water partition coefficient (Wildman–Crippen LogP) is 3.63. The van der Waals surface area contributed by atoms with E-state index in [0.29, 0.717) is 0 Å². The van der Waals surface area contributed by atoms with Crippen molar-refractivity contribution in [1.29, 1.82) is 10.5 Å². The van der Waals surface area contributed by atoms with Crippen molar-refractivity contribution in [3.05, 3.63) is 53.0 Å². The molecule has 0 unspecified atom stereocenters. The molecular weight excluding hydrogens is 350 g/mol. The van der Waals surface area contributed by atoms with E-state index in [0.717, 1.165) is 12.1 Å². The van der Waals surface area contributed by atoms with Crippen LogP contribution in [0.25, 0.3) is 32.7 Å². The van der Waals surface area contributed by atoms with Crippen molar-refractivity contribution < 1.29 is 17.6 Å². The molecule has 3 heterocycles. The van der Waals surface area contributed by atoms with E-state index >= 15 is 0 Å². The number of hydrogen-bond donors (Lipinski definition) is 0. The maximum atomic E-state index is 13.7. The van der Waals surface area contributed by atoms with Crippen LogP contribution in [-0.2, 0) is 0 Å². The summed E-state index contributed by atoms with van der Waals surface area (Å²) in [5, 5.41) is 18.3. The van der Waals surface area contributed by atoms with Gasteiger partial charge in [-0.15, -0.1) is 0 Å². The summed E-state index contributed by atoms with van der Waals surface area (Å²) in [7, 11) is 0. The van der Waals surface area contributed by atoms with Gasteiger partial charge in [-0.25, -0.2) is 23.7 Å². The second-order valence-corrected chi connectivity index (χ2v) is 5.32. The monoisotopic (exact) mass is 353 g/mol. The fourth-order valence-electron chi connectivity index (χ4n) is 2.77. The lowest BCUT2D eigenvalue weighted by Gasteiger charge is -2.10. The summed E-state index contributed by atoms with van der Waals surface area (Å²) in [4.78, 5) is 11.0. The van der Waals surface area contributed by atoms with Crippen LogP contribution in [0.15, 0.2) is 18.2 Å². The SMILES string of the molecule is N#Cc1cc2c3nc(F)c(F)cc3c3nc(F)c(F)cc3c2nc1C#N. The third-order valence-electron chi connectivity index (χ3n) is 3.88. The van der Waals surface area contributed by atoms with Crippen LogP contribution < -0.4 is 0 Å². The first kappa shape index (κ1) is 15.7. The van der Waals surface area contributed by atoms with E-state index in [-0.39, 0.29) is 44.0 Å². The lowest BCUT2D eigenvalue weighted by Crippen LogP contribution is -2.00. The number of pyridine rings is 3. The highest BCUT2D eigenvalue weighted by atomic mass is 19.2. The molecule has 0 N–H and O–H groups in total. The summed E-state index contributed by atoms with van der Waals surface area (Å²) in [5.41, 5.74) is -0.749. The maximum absolute atomic E-state index is 13.7. The minimum absolute atomic E-state index is 0.0276. The third-order valence-corrected chi connectivity index (χ3v) is 3.88. The van der Waals surface area contributed by atoms with Gasteiger partial charge in [-0.05, 0) is 18.2 Å². The van der Waals surface area contributed by atoms with E-state index in [1.165, 1.54) is 6.07 Å². The number of hydrogen-bond acceptors (Lipinski definition) is 5. The van der Waals surface area contributed by atoms with Gasteiger partial charge in [0.15, 0.2) is 17.3 Å². The highest BCUT2D eigenvalue weighted by Gasteiger charge is 2.20. The van der Waals surface area contributed by atoms with Gasteiger partial charge in [0.25, 0.3) is 0 Å². The Hall–Kier alpha value is -3.85. The molecule has 0 atom stereocenters. The van der Waals surface area contributed by atoms with Crippen molar-refractivity contribution >= 4 is 32.7 Å². The zero-order valence-corrected chi connectivity index (χ0v) is 12.5. The van der Waals surface area contributed by atoms with E-state index in [9.17, 15) is 17.6 Å². The number of nitriles is 2. The summed E-state index contributed by atoms with van der Waals surface area (Å²) in [6.45, 7) is 0. The summed E-state index contributed by atoms with van der Waals surface area (Å²) >= 11 is 0. The van der Waals surface area contributed by atoms with Gasteiger partial charge in [0, 0.05) is 16.2 Å². The van der Waals surface area contributed by atoms with Crippen LogP contribution in [0.5, 0.6) is 0 Å². The third kappa shape index (κ3) is 2.04. The van der Waals surface area contributed by atoms with E-state index in [4.69, 9.17) is 10.5 Å². The first-order valence-electron chi connectivity index (χ1n) is 7.03. The van der Waals surface area contributed by atoms with Crippen molar-refractivity contribution in [2.45, 2.75) is 0 Å². The first-order valence-corrected chi connectivity index (χ1v) is 7.03. The van der Waals surface area contributed by atoms with Crippen LogP contribution >= 0.6 is 0 Å². The summed E-state index contributed by atoms with van der Waals surface area (Å²) in [5.74, 6) is -5.43. The second-order valence-electron chi connectivity index (χ2n) is 5.32. The minimum Gasteiger partial charge on any atom is -0.235 e. The lowest BCUT2D eigenvalue weighted by atomic mass is 10.0. The fraction of sp³-hybridized carbons (Fsp3) is 0. The highest BCUT2D eigenvalue weighted by Crippen LogP contribution is 2.34. The molecule has 5 nitrogen and oxygen atoms in total. The van der Waals surface area contributed by atoms with Crippen molar-refractivity contribution in [3.63, 3.8) is 0 Å². The molecule has 0 radical (unpaired) electrons. The maximum Gasteiger partial charge on any atom is 0.249 e. The molecule has 0 aliphatic carbocycles. The molecular formula is C17H3F4N5. The Morgan fingerprint density at radius 2 is 1.12 bits per heavy atom. The van der Waals surface area contributed by atoms with Crippen LogP contribution in [0.3, 0.4) is 0 Å². The minimum atomic E-state index is -1.43. The zero-order valence-electron chi connectivity index (χ0n) is 12.5. The molecule has 4 aromatic rings. The van der Waals surface area contributed by atoms with Gasteiger partial charge in [-0.2, -0.15) is 19.3 Å². The number of nitrogens with zero attached hydrogens (tertiary/aromatic N) is 5. The van der Waals surface area contributed by atoms with Crippen molar-refractivity contribution in [3.8, 4) is 12.1 Å². The molecule has 0 aliphatic heterocycles. The Morgan fingerprint density at radius 3 is 1.58 bits per heavy atom. The first-order chi connectivity index (χ1) is 12.4. The van der Waals surface area contributed by atoms with Crippen LogP contribution in [0.4, 0.5) is 17.6 Å². The molecule has 0 saturated carbocycles. The Balaban J connectivity index is 2.40.